The maximum Gasteiger partial charge on any atom is 0.144 e. The Bertz CT molecular complexity index is 372. The summed E-state index contributed by atoms with van der Waals surface area (Å²) in [4.78, 5) is 0. The van der Waals surface area contributed by atoms with Crippen LogP contribution < -0.4 is 15.8 Å². The van der Waals surface area contributed by atoms with Crippen LogP contribution >= 0.6 is 0 Å². The van der Waals surface area contributed by atoms with E-state index in [0.29, 0.717) is 37.6 Å². The molecule has 0 saturated carbocycles. The number of nitrogen functional groups attached to an aromatic ring is 1. The lowest BCUT2D eigenvalue weighted by atomic mass is 10.2. The molecule has 1 rings (SSSR count). The second-order valence-electron chi connectivity index (χ2n) is 4.43. The predicted molar refractivity (Wildman–Crippen MR) is 77.6 cm³/mol. The van der Waals surface area contributed by atoms with Crippen molar-refractivity contribution in [2.45, 2.75) is 25.9 Å². The third-order valence-electron chi connectivity index (χ3n) is 2.64. The van der Waals surface area contributed by atoms with Crippen molar-refractivity contribution in [3.05, 3.63) is 18.2 Å². The fourth-order valence-corrected chi connectivity index (χ4v) is 1.64. The van der Waals surface area contributed by atoms with Gasteiger partial charge in [0, 0.05) is 25.4 Å². The summed E-state index contributed by atoms with van der Waals surface area (Å²) in [6.45, 7) is 3.73. The quantitative estimate of drug-likeness (QED) is 0.596. The van der Waals surface area contributed by atoms with Crippen molar-refractivity contribution >= 4 is 11.4 Å². The van der Waals surface area contributed by atoms with E-state index in [-0.39, 0.29) is 0 Å². The Morgan fingerprint density at radius 1 is 1.42 bits per heavy atom. The lowest BCUT2D eigenvalue weighted by Gasteiger charge is -2.13. The van der Waals surface area contributed by atoms with Gasteiger partial charge >= 0.3 is 0 Å². The van der Waals surface area contributed by atoms with Crippen LogP contribution in [0.1, 0.15) is 19.8 Å². The summed E-state index contributed by atoms with van der Waals surface area (Å²) in [5, 5.41) is 12.8. The van der Waals surface area contributed by atoms with Crippen LogP contribution in [0.25, 0.3) is 0 Å². The van der Waals surface area contributed by atoms with Gasteiger partial charge in [0.2, 0.25) is 0 Å². The molecule has 0 heterocycles. The van der Waals surface area contributed by atoms with E-state index < -0.39 is 6.10 Å². The molecule has 1 aromatic rings. The number of nitrogens with two attached hydrogens (primary N) is 1. The zero-order valence-electron chi connectivity index (χ0n) is 11.7. The minimum atomic E-state index is -0.443. The first-order valence-electron chi connectivity index (χ1n) is 6.60. The standard InChI is InChI=1S/C14H24N2O3/c1-3-8-19-14-9-11(4-5-13(14)15)16-7-6-12(17)10-18-2/h4-5,9,12,16-17H,3,6-8,10,15H2,1-2H3. The number of rotatable bonds is 9. The molecule has 0 aliphatic carbocycles. The number of aliphatic hydroxyl groups excluding tert-OH is 1. The lowest BCUT2D eigenvalue weighted by molar-refractivity contribution is 0.0615. The van der Waals surface area contributed by atoms with E-state index in [1.165, 1.54) is 0 Å². The van der Waals surface area contributed by atoms with Crippen LogP contribution in [-0.4, -0.2) is 38.1 Å². The van der Waals surface area contributed by atoms with E-state index in [0.717, 1.165) is 12.1 Å². The highest BCUT2D eigenvalue weighted by atomic mass is 16.5. The Balaban J connectivity index is 2.45. The Kier molecular flexibility index (Phi) is 7.07. The predicted octanol–water partition coefficient (Wildman–Crippen LogP) is 1.87. The van der Waals surface area contributed by atoms with E-state index in [4.69, 9.17) is 15.2 Å². The molecule has 0 aromatic heterocycles. The highest BCUT2D eigenvalue weighted by molar-refractivity contribution is 5.61. The zero-order valence-corrected chi connectivity index (χ0v) is 11.7. The number of anilines is 2. The largest absolute Gasteiger partial charge is 0.491 e. The normalized spacial score (nSPS) is 12.2. The summed E-state index contributed by atoms with van der Waals surface area (Å²) < 4.78 is 10.4. The van der Waals surface area contributed by atoms with Gasteiger partial charge in [-0.1, -0.05) is 6.92 Å². The minimum Gasteiger partial charge on any atom is -0.491 e. The highest BCUT2D eigenvalue weighted by Crippen LogP contribution is 2.25. The van der Waals surface area contributed by atoms with Crippen LogP contribution in [0.3, 0.4) is 0 Å². The summed E-state index contributed by atoms with van der Waals surface area (Å²) in [7, 11) is 1.58. The van der Waals surface area contributed by atoms with Gasteiger partial charge in [0.15, 0.2) is 0 Å². The van der Waals surface area contributed by atoms with Gasteiger partial charge in [-0.2, -0.15) is 0 Å². The van der Waals surface area contributed by atoms with Crippen molar-refractivity contribution in [1.29, 1.82) is 0 Å². The molecule has 108 valence electrons. The van der Waals surface area contributed by atoms with E-state index >= 15 is 0 Å². The topological polar surface area (TPSA) is 76.7 Å². The van der Waals surface area contributed by atoms with Crippen LogP contribution in [0.2, 0.25) is 0 Å². The summed E-state index contributed by atoms with van der Waals surface area (Å²) in [5.41, 5.74) is 7.41. The van der Waals surface area contributed by atoms with Gasteiger partial charge in [0.05, 0.1) is 25.0 Å². The Morgan fingerprint density at radius 3 is 2.89 bits per heavy atom. The van der Waals surface area contributed by atoms with Crippen molar-refractivity contribution in [3.8, 4) is 5.75 Å². The van der Waals surface area contributed by atoms with E-state index in [1.807, 2.05) is 18.2 Å². The SMILES string of the molecule is CCCOc1cc(NCCC(O)COC)ccc1N. The highest BCUT2D eigenvalue weighted by Gasteiger charge is 2.04. The number of hydrogen-bond acceptors (Lipinski definition) is 5. The van der Waals surface area contributed by atoms with Crippen LogP contribution in [0.15, 0.2) is 18.2 Å². The molecular weight excluding hydrogens is 244 g/mol. The molecule has 0 amide bonds. The number of benzene rings is 1. The average molecular weight is 268 g/mol. The van der Waals surface area contributed by atoms with Crippen LogP contribution in [-0.2, 0) is 4.74 Å². The van der Waals surface area contributed by atoms with Crippen molar-refractivity contribution in [1.82, 2.24) is 0 Å². The molecule has 0 spiro atoms. The first-order valence-corrected chi connectivity index (χ1v) is 6.60. The smallest absolute Gasteiger partial charge is 0.144 e. The molecule has 4 N–H and O–H groups in total. The fraction of sp³-hybridized carbons (Fsp3) is 0.571. The molecule has 5 nitrogen and oxygen atoms in total. The van der Waals surface area contributed by atoms with Crippen LogP contribution in [0, 0.1) is 0 Å². The van der Waals surface area contributed by atoms with Gasteiger partial charge in [-0.15, -0.1) is 0 Å². The second-order valence-corrected chi connectivity index (χ2v) is 4.43. The third-order valence-corrected chi connectivity index (χ3v) is 2.64. The number of aliphatic hydroxyl groups is 1. The molecule has 0 aliphatic rings. The number of hydrogen-bond donors (Lipinski definition) is 3. The summed E-state index contributed by atoms with van der Waals surface area (Å²) in [6, 6.07) is 5.60. The third kappa shape index (κ3) is 5.81. The van der Waals surface area contributed by atoms with Crippen molar-refractivity contribution in [3.63, 3.8) is 0 Å². The molecular formula is C14H24N2O3. The van der Waals surface area contributed by atoms with Gasteiger partial charge < -0.3 is 25.6 Å². The molecule has 1 aromatic carbocycles. The molecule has 0 bridgehead atoms. The maximum atomic E-state index is 9.53. The van der Waals surface area contributed by atoms with Crippen molar-refractivity contribution in [2.24, 2.45) is 0 Å². The first-order chi connectivity index (χ1) is 9.17. The monoisotopic (exact) mass is 268 g/mol. The number of nitrogens with one attached hydrogen (secondary N) is 1. The van der Waals surface area contributed by atoms with E-state index in [2.05, 4.69) is 12.2 Å². The van der Waals surface area contributed by atoms with Gasteiger partial charge in [0.1, 0.15) is 5.75 Å². The maximum absolute atomic E-state index is 9.53. The Hall–Kier alpha value is -1.46. The number of methoxy groups -OCH3 is 1. The molecule has 5 heteroatoms. The van der Waals surface area contributed by atoms with E-state index in [1.54, 1.807) is 7.11 Å². The van der Waals surface area contributed by atoms with Gasteiger partial charge in [-0.05, 0) is 25.0 Å². The van der Waals surface area contributed by atoms with Crippen LogP contribution in [0.4, 0.5) is 11.4 Å². The zero-order chi connectivity index (χ0) is 14.1. The molecule has 0 saturated heterocycles. The van der Waals surface area contributed by atoms with Gasteiger partial charge in [0.25, 0.3) is 0 Å². The summed E-state index contributed by atoms with van der Waals surface area (Å²) in [6.07, 6.45) is 1.13. The molecule has 1 unspecified atom stereocenters. The summed E-state index contributed by atoms with van der Waals surface area (Å²) >= 11 is 0. The minimum absolute atomic E-state index is 0.355. The fourth-order valence-electron chi connectivity index (χ4n) is 1.64. The molecule has 1 atom stereocenters. The number of ether oxygens (including phenoxy) is 2. The second kappa shape index (κ2) is 8.61. The van der Waals surface area contributed by atoms with Gasteiger partial charge in [-0.25, -0.2) is 0 Å². The van der Waals surface area contributed by atoms with E-state index in [9.17, 15) is 5.11 Å². The van der Waals surface area contributed by atoms with Crippen molar-refractivity contribution < 1.29 is 14.6 Å². The molecule has 0 radical (unpaired) electrons. The van der Waals surface area contributed by atoms with Crippen molar-refractivity contribution in [2.75, 3.05) is 37.9 Å². The molecule has 0 fully saturated rings. The lowest BCUT2D eigenvalue weighted by Crippen LogP contribution is -2.18. The average Bonchev–Trinajstić information content (AvgIpc) is 2.39. The molecule has 19 heavy (non-hydrogen) atoms. The first kappa shape index (κ1) is 15.6. The Labute approximate surface area is 114 Å². The summed E-state index contributed by atoms with van der Waals surface area (Å²) in [5.74, 6) is 0.698. The van der Waals surface area contributed by atoms with Gasteiger partial charge in [-0.3, -0.25) is 0 Å². The van der Waals surface area contributed by atoms with Crippen LogP contribution in [0.5, 0.6) is 5.75 Å². The Morgan fingerprint density at radius 2 is 2.21 bits per heavy atom. The molecule has 0 aliphatic heterocycles.